The van der Waals surface area contributed by atoms with E-state index in [0.29, 0.717) is 24.0 Å². The van der Waals surface area contributed by atoms with Gasteiger partial charge in [-0.05, 0) is 49.5 Å². The first-order chi connectivity index (χ1) is 13.4. The fourth-order valence-electron chi connectivity index (χ4n) is 4.25. The van der Waals surface area contributed by atoms with Crippen LogP contribution in [0.4, 0.5) is 5.82 Å². The van der Waals surface area contributed by atoms with Gasteiger partial charge in [-0.25, -0.2) is 9.97 Å². The van der Waals surface area contributed by atoms with E-state index in [-0.39, 0.29) is 0 Å². The molecule has 1 aromatic carbocycles. The lowest BCUT2D eigenvalue weighted by Gasteiger charge is -2.29. The third-order valence-corrected chi connectivity index (χ3v) is 5.96. The lowest BCUT2D eigenvalue weighted by Crippen LogP contribution is -2.30. The minimum atomic E-state index is 0.402. The van der Waals surface area contributed by atoms with Crippen LogP contribution in [0, 0.1) is 5.92 Å². The highest BCUT2D eigenvalue weighted by Crippen LogP contribution is 2.47. The molecule has 2 aromatic heterocycles. The largest absolute Gasteiger partial charge is 0.378 e. The smallest absolute Gasteiger partial charge is 0.160 e. The van der Waals surface area contributed by atoms with Crippen LogP contribution in [-0.2, 0) is 4.74 Å². The summed E-state index contributed by atoms with van der Waals surface area (Å²) >= 11 is 0. The molecule has 2 atom stereocenters. The fraction of sp³-hybridized carbons (Fsp3) is 0.476. The van der Waals surface area contributed by atoms with Gasteiger partial charge in [0.1, 0.15) is 12.1 Å². The maximum Gasteiger partial charge on any atom is 0.160 e. The van der Waals surface area contributed by atoms with Crippen molar-refractivity contribution in [1.82, 2.24) is 20.2 Å². The first-order valence-corrected chi connectivity index (χ1v) is 9.94. The van der Waals surface area contributed by atoms with Gasteiger partial charge in [0.25, 0.3) is 0 Å². The molecule has 0 spiro atoms. The molecule has 0 bridgehead atoms. The number of ether oxygens (including phenoxy) is 1. The van der Waals surface area contributed by atoms with E-state index in [4.69, 9.17) is 4.74 Å². The van der Waals surface area contributed by atoms with Gasteiger partial charge in [-0.3, -0.25) is 5.10 Å². The fourth-order valence-corrected chi connectivity index (χ4v) is 4.25. The zero-order valence-corrected chi connectivity index (χ0v) is 15.3. The van der Waals surface area contributed by atoms with E-state index >= 15 is 0 Å². The second-order valence-corrected chi connectivity index (χ2v) is 7.82. The lowest BCUT2D eigenvalue weighted by atomic mass is 9.93. The molecular weight excluding hydrogens is 338 g/mol. The van der Waals surface area contributed by atoms with Crippen LogP contribution >= 0.6 is 0 Å². The van der Waals surface area contributed by atoms with E-state index in [1.165, 1.54) is 12.0 Å². The molecule has 6 nitrogen and oxygen atoms in total. The number of nitrogens with zero attached hydrogens (tertiary/aromatic N) is 3. The Labute approximate surface area is 158 Å². The average molecular weight is 363 g/mol. The number of benzene rings is 1. The van der Waals surface area contributed by atoms with Gasteiger partial charge in [-0.2, -0.15) is 5.10 Å². The summed E-state index contributed by atoms with van der Waals surface area (Å²) in [6.45, 7) is 0.907. The summed E-state index contributed by atoms with van der Waals surface area (Å²) < 4.78 is 6.25. The van der Waals surface area contributed by atoms with Crippen LogP contribution in [0.5, 0.6) is 0 Å². The Morgan fingerprint density at radius 2 is 1.93 bits per heavy atom. The van der Waals surface area contributed by atoms with Crippen molar-refractivity contribution in [2.75, 3.05) is 11.9 Å². The highest BCUT2D eigenvalue weighted by molar-refractivity contribution is 5.85. The normalized spacial score (nSPS) is 27.6. The van der Waals surface area contributed by atoms with Gasteiger partial charge in [0.15, 0.2) is 5.65 Å². The summed E-state index contributed by atoms with van der Waals surface area (Å²) in [5.41, 5.74) is 2.25. The Balaban J connectivity index is 1.08. The Morgan fingerprint density at radius 3 is 2.78 bits per heavy atom. The summed E-state index contributed by atoms with van der Waals surface area (Å²) in [5, 5.41) is 11.5. The summed E-state index contributed by atoms with van der Waals surface area (Å²) in [6, 6.07) is 11.3. The number of aromatic amines is 1. The molecule has 2 saturated carbocycles. The average Bonchev–Trinajstić information content (AvgIpc) is 3.34. The van der Waals surface area contributed by atoms with Crippen LogP contribution in [0.3, 0.4) is 0 Å². The van der Waals surface area contributed by atoms with Crippen LogP contribution in [-0.4, -0.2) is 38.9 Å². The first-order valence-electron chi connectivity index (χ1n) is 9.94. The molecular formula is C21H25N5O. The molecule has 140 valence electrons. The lowest BCUT2D eigenvalue weighted by molar-refractivity contribution is 0.0196. The predicted octanol–water partition coefficient (Wildman–Crippen LogP) is 3.90. The number of H-pyrrole nitrogens is 1. The third-order valence-electron chi connectivity index (χ3n) is 5.96. The van der Waals surface area contributed by atoms with Crippen LogP contribution in [0.15, 0.2) is 42.9 Å². The Kier molecular flexibility index (Phi) is 4.49. The maximum atomic E-state index is 6.25. The molecule has 0 radical (unpaired) electrons. The van der Waals surface area contributed by atoms with Crippen LogP contribution in [0.2, 0.25) is 0 Å². The van der Waals surface area contributed by atoms with E-state index in [1.54, 1.807) is 12.5 Å². The van der Waals surface area contributed by atoms with Gasteiger partial charge in [0, 0.05) is 6.04 Å². The zero-order valence-electron chi connectivity index (χ0n) is 15.3. The zero-order chi connectivity index (χ0) is 18.1. The number of nitrogens with one attached hydrogen (secondary N) is 2. The summed E-state index contributed by atoms with van der Waals surface area (Å²) in [6.07, 6.45) is 9.48. The number of fused-ring (bicyclic) bond motifs is 1. The predicted molar refractivity (Wildman–Crippen MR) is 105 cm³/mol. The molecule has 2 aliphatic rings. The van der Waals surface area contributed by atoms with Crippen molar-refractivity contribution in [1.29, 1.82) is 0 Å². The van der Waals surface area contributed by atoms with E-state index < -0.39 is 0 Å². The van der Waals surface area contributed by atoms with Crippen molar-refractivity contribution in [3.8, 4) is 0 Å². The molecule has 3 aromatic rings. The monoisotopic (exact) mass is 363 g/mol. The summed E-state index contributed by atoms with van der Waals surface area (Å²) in [4.78, 5) is 8.58. The van der Waals surface area contributed by atoms with Gasteiger partial charge >= 0.3 is 0 Å². The molecule has 0 aliphatic heterocycles. The van der Waals surface area contributed by atoms with Gasteiger partial charge in [0.2, 0.25) is 0 Å². The van der Waals surface area contributed by atoms with Crippen molar-refractivity contribution in [2.45, 2.75) is 50.2 Å². The minimum absolute atomic E-state index is 0.402. The molecule has 6 heteroatoms. The van der Waals surface area contributed by atoms with Crippen molar-refractivity contribution < 1.29 is 4.74 Å². The minimum Gasteiger partial charge on any atom is -0.378 e. The van der Waals surface area contributed by atoms with Gasteiger partial charge in [-0.15, -0.1) is 0 Å². The number of anilines is 1. The van der Waals surface area contributed by atoms with Gasteiger partial charge < -0.3 is 10.1 Å². The van der Waals surface area contributed by atoms with Crippen molar-refractivity contribution in [3.63, 3.8) is 0 Å². The van der Waals surface area contributed by atoms with Crippen LogP contribution in [0.1, 0.15) is 43.6 Å². The van der Waals surface area contributed by atoms with Crippen molar-refractivity contribution >= 4 is 16.9 Å². The Morgan fingerprint density at radius 1 is 1.07 bits per heavy atom. The summed E-state index contributed by atoms with van der Waals surface area (Å²) in [7, 11) is 0. The molecule has 0 amide bonds. The Hall–Kier alpha value is -2.47. The molecule has 1 unspecified atom stereocenters. The highest BCUT2D eigenvalue weighted by atomic mass is 16.5. The van der Waals surface area contributed by atoms with Crippen molar-refractivity contribution in [2.24, 2.45) is 5.92 Å². The number of hydrogen-bond donors (Lipinski definition) is 2. The Bertz CT molecular complexity index is 888. The highest BCUT2D eigenvalue weighted by Gasteiger charge is 2.38. The van der Waals surface area contributed by atoms with Gasteiger partial charge in [0.05, 0.1) is 24.3 Å². The van der Waals surface area contributed by atoms with Gasteiger partial charge in [-0.1, -0.05) is 30.3 Å². The molecule has 2 aliphatic carbocycles. The molecule has 2 fully saturated rings. The van der Waals surface area contributed by atoms with Crippen LogP contribution < -0.4 is 5.32 Å². The van der Waals surface area contributed by atoms with Crippen molar-refractivity contribution in [3.05, 3.63) is 48.4 Å². The maximum absolute atomic E-state index is 6.25. The molecule has 27 heavy (non-hydrogen) atoms. The molecule has 0 saturated heterocycles. The molecule has 2 N–H and O–H groups in total. The second kappa shape index (κ2) is 7.27. The molecule has 5 rings (SSSR count). The second-order valence-electron chi connectivity index (χ2n) is 7.82. The van der Waals surface area contributed by atoms with E-state index in [2.05, 4.69) is 55.8 Å². The third kappa shape index (κ3) is 3.67. The van der Waals surface area contributed by atoms with Crippen LogP contribution in [0.25, 0.3) is 11.0 Å². The molecule has 2 heterocycles. The quantitative estimate of drug-likeness (QED) is 0.695. The standard InChI is InChI=1S/C21H25N5O/c1-2-4-14(5-3-1)18-10-15(18)12-27-17-8-6-16(7-9-17)25-20-19-11-24-26-21(19)23-13-22-20/h1-5,11,13,15-18H,6-10,12H2,(H2,22,23,24,25,26)/t15?,16?,17?,18-/m1/s1. The number of aromatic nitrogens is 4. The first kappa shape index (κ1) is 16.7. The number of rotatable bonds is 6. The van der Waals surface area contributed by atoms with E-state index in [1.807, 2.05) is 0 Å². The SMILES string of the molecule is c1ccc([C@H]2CC2COC2CCC(Nc3ncnc4[nH]ncc34)CC2)cc1. The summed E-state index contributed by atoms with van der Waals surface area (Å²) in [5.74, 6) is 2.29. The topological polar surface area (TPSA) is 75.7 Å². The van der Waals surface area contributed by atoms with E-state index in [0.717, 1.165) is 49.1 Å². The van der Waals surface area contributed by atoms with E-state index in [9.17, 15) is 0 Å². The number of hydrogen-bond acceptors (Lipinski definition) is 5.